The van der Waals surface area contributed by atoms with Crippen LogP contribution in [0.1, 0.15) is 59.8 Å². The maximum atomic E-state index is 5.89. The fourth-order valence-corrected chi connectivity index (χ4v) is 8.14. The third-order valence-corrected chi connectivity index (χ3v) is 10.7. The van der Waals surface area contributed by atoms with Gasteiger partial charge in [0.15, 0.2) is 12.6 Å². The Hall–Kier alpha value is -5.24. The average molecular weight is 701 g/mol. The van der Waals surface area contributed by atoms with E-state index in [4.69, 9.17) is 18.9 Å². The summed E-state index contributed by atoms with van der Waals surface area (Å²) in [7, 11) is 0. The van der Waals surface area contributed by atoms with Crippen molar-refractivity contribution in [2.24, 2.45) is 0 Å². The third kappa shape index (κ3) is 6.22. The Morgan fingerprint density at radius 3 is 1.19 bits per heavy atom. The zero-order valence-corrected chi connectivity index (χ0v) is 30.7. The van der Waals surface area contributed by atoms with Crippen molar-refractivity contribution in [2.75, 3.05) is 36.2 Å². The molecule has 6 aromatic rings. The Balaban J connectivity index is 1.13. The van der Waals surface area contributed by atoms with Gasteiger partial charge in [0.2, 0.25) is 0 Å². The molecule has 1 aliphatic carbocycles. The van der Waals surface area contributed by atoms with Gasteiger partial charge in [-0.1, -0.05) is 74.5 Å². The average Bonchev–Trinajstić information content (AvgIpc) is 3.95. The van der Waals surface area contributed by atoms with Crippen molar-refractivity contribution >= 4 is 34.1 Å². The number of hydrogen-bond donors (Lipinski definition) is 0. The van der Waals surface area contributed by atoms with Crippen LogP contribution < -0.4 is 9.80 Å². The summed E-state index contributed by atoms with van der Waals surface area (Å²) in [6, 6.07) is 48.4. The Morgan fingerprint density at radius 2 is 0.792 bits per heavy atom. The third-order valence-electron chi connectivity index (χ3n) is 10.7. The van der Waals surface area contributed by atoms with Crippen LogP contribution in [0.15, 0.2) is 133 Å². The van der Waals surface area contributed by atoms with Gasteiger partial charge in [0.25, 0.3) is 0 Å². The van der Waals surface area contributed by atoms with Crippen molar-refractivity contribution in [1.82, 2.24) is 0 Å². The number of nitrogens with zero attached hydrogens (tertiary/aromatic N) is 2. The first-order valence-electron chi connectivity index (χ1n) is 18.5. The minimum Gasteiger partial charge on any atom is -0.346 e. The van der Waals surface area contributed by atoms with Crippen molar-refractivity contribution in [3.05, 3.63) is 167 Å². The van der Waals surface area contributed by atoms with E-state index in [-0.39, 0.29) is 18.0 Å². The SMILES string of the molecule is Cc1cccc(N(c2cccc(C3OCCO3)c2)c2ccc3c(c2)C(C)(C)c2cc(N(c4cccc(C)c4)c4cccc(C5OCCO5)c4)ccc2-3)c1. The van der Waals surface area contributed by atoms with E-state index in [2.05, 4.69) is 171 Å². The summed E-state index contributed by atoms with van der Waals surface area (Å²) in [5, 5.41) is 0. The molecule has 0 N–H and O–H groups in total. The van der Waals surface area contributed by atoms with Gasteiger partial charge in [-0.2, -0.15) is 0 Å². The molecule has 3 aliphatic rings. The zero-order chi connectivity index (χ0) is 36.1. The fourth-order valence-electron chi connectivity index (χ4n) is 8.14. The lowest BCUT2D eigenvalue weighted by Crippen LogP contribution is -2.18. The van der Waals surface area contributed by atoms with Gasteiger partial charge in [-0.25, -0.2) is 0 Å². The predicted octanol–water partition coefficient (Wildman–Crippen LogP) is 11.6. The molecule has 0 spiro atoms. The van der Waals surface area contributed by atoms with Crippen LogP contribution in [0.2, 0.25) is 0 Å². The van der Waals surface area contributed by atoms with Crippen LogP contribution in [-0.4, -0.2) is 26.4 Å². The summed E-state index contributed by atoms with van der Waals surface area (Å²) >= 11 is 0. The lowest BCUT2D eigenvalue weighted by Gasteiger charge is -2.30. The van der Waals surface area contributed by atoms with Crippen LogP contribution in [0.3, 0.4) is 0 Å². The Kier molecular flexibility index (Phi) is 8.64. The molecule has 6 nitrogen and oxygen atoms in total. The molecule has 266 valence electrons. The van der Waals surface area contributed by atoms with E-state index >= 15 is 0 Å². The summed E-state index contributed by atoms with van der Waals surface area (Å²) < 4.78 is 23.6. The Morgan fingerprint density at radius 1 is 0.434 bits per heavy atom. The number of hydrogen-bond acceptors (Lipinski definition) is 6. The van der Waals surface area contributed by atoms with Gasteiger partial charge in [-0.3, -0.25) is 0 Å². The lowest BCUT2D eigenvalue weighted by atomic mass is 9.82. The van der Waals surface area contributed by atoms with E-state index in [9.17, 15) is 0 Å². The summed E-state index contributed by atoms with van der Waals surface area (Å²) in [6.45, 7) is 11.4. The van der Waals surface area contributed by atoms with Gasteiger partial charge in [0.05, 0.1) is 26.4 Å². The molecule has 0 saturated carbocycles. The standard InChI is InChI=1S/C47H44N2O4/c1-31-9-5-13-35(25-31)48(37-15-7-11-33(27-37)45-50-21-22-51-45)39-17-19-41-42-20-18-40(30-44(42)47(3,4)43(41)29-39)49(36-14-6-10-32(2)26-36)38-16-8-12-34(28-38)46-52-23-24-53-46/h5-20,25-30,45-46H,21-24H2,1-4H3. The Labute approximate surface area is 312 Å². The summed E-state index contributed by atoms with van der Waals surface area (Å²) in [4.78, 5) is 4.70. The molecule has 0 bridgehead atoms. The van der Waals surface area contributed by atoms with E-state index in [1.54, 1.807) is 0 Å². The molecule has 0 radical (unpaired) electrons. The number of ether oxygens (including phenoxy) is 4. The monoisotopic (exact) mass is 700 g/mol. The van der Waals surface area contributed by atoms with Crippen molar-refractivity contribution in [3.8, 4) is 11.1 Å². The topological polar surface area (TPSA) is 43.4 Å². The lowest BCUT2D eigenvalue weighted by molar-refractivity contribution is -0.0442. The largest absolute Gasteiger partial charge is 0.346 e. The van der Waals surface area contributed by atoms with Gasteiger partial charge in [-0.15, -0.1) is 0 Å². The summed E-state index contributed by atoms with van der Waals surface area (Å²) in [6.07, 6.45) is -0.689. The number of aryl methyl sites for hydroxylation is 2. The summed E-state index contributed by atoms with van der Waals surface area (Å²) in [5.74, 6) is 0. The second-order valence-corrected chi connectivity index (χ2v) is 14.8. The molecule has 53 heavy (non-hydrogen) atoms. The highest BCUT2D eigenvalue weighted by molar-refractivity contribution is 5.88. The molecule has 6 aromatic carbocycles. The molecular formula is C47H44N2O4. The molecule has 0 aromatic heterocycles. The predicted molar refractivity (Wildman–Crippen MR) is 212 cm³/mol. The maximum Gasteiger partial charge on any atom is 0.184 e. The quantitative estimate of drug-likeness (QED) is 0.157. The molecule has 2 fully saturated rings. The first-order chi connectivity index (χ1) is 25.8. The van der Waals surface area contributed by atoms with Crippen LogP contribution in [-0.2, 0) is 24.4 Å². The highest BCUT2D eigenvalue weighted by Crippen LogP contribution is 2.52. The number of fused-ring (bicyclic) bond motifs is 3. The molecule has 0 unspecified atom stereocenters. The highest BCUT2D eigenvalue weighted by Gasteiger charge is 2.37. The smallest absolute Gasteiger partial charge is 0.184 e. The van der Waals surface area contributed by atoms with E-state index in [0.717, 1.165) is 45.3 Å². The molecule has 2 saturated heterocycles. The van der Waals surface area contributed by atoms with Crippen molar-refractivity contribution in [2.45, 2.75) is 45.7 Å². The minimum absolute atomic E-state index is 0.256. The first-order valence-corrected chi connectivity index (χ1v) is 18.5. The fraction of sp³-hybridized carbons (Fsp3) is 0.234. The molecule has 0 amide bonds. The van der Waals surface area contributed by atoms with Crippen molar-refractivity contribution < 1.29 is 18.9 Å². The van der Waals surface area contributed by atoms with Gasteiger partial charge >= 0.3 is 0 Å². The number of rotatable bonds is 8. The van der Waals surface area contributed by atoms with Crippen molar-refractivity contribution in [1.29, 1.82) is 0 Å². The van der Waals surface area contributed by atoms with E-state index in [1.165, 1.54) is 33.4 Å². The molecule has 9 rings (SSSR count). The molecule has 2 heterocycles. The van der Waals surface area contributed by atoms with E-state index in [0.29, 0.717) is 26.4 Å². The van der Waals surface area contributed by atoms with Gasteiger partial charge < -0.3 is 28.7 Å². The number of benzene rings is 6. The first kappa shape index (κ1) is 33.6. The van der Waals surface area contributed by atoms with Gasteiger partial charge in [-0.05, 0) is 120 Å². The van der Waals surface area contributed by atoms with Gasteiger partial charge in [0, 0.05) is 50.7 Å². The normalized spacial score (nSPS) is 16.5. The minimum atomic E-state index is -0.344. The van der Waals surface area contributed by atoms with Crippen LogP contribution in [0.25, 0.3) is 11.1 Å². The maximum absolute atomic E-state index is 5.89. The molecule has 0 atom stereocenters. The van der Waals surface area contributed by atoms with Crippen LogP contribution in [0.4, 0.5) is 34.1 Å². The molecule has 2 aliphatic heterocycles. The highest BCUT2D eigenvalue weighted by atomic mass is 16.7. The van der Waals surface area contributed by atoms with E-state index < -0.39 is 0 Å². The second-order valence-electron chi connectivity index (χ2n) is 14.8. The number of anilines is 6. The summed E-state index contributed by atoms with van der Waals surface area (Å²) in [5.41, 5.74) is 15.9. The second kappa shape index (κ2) is 13.6. The molecular weight excluding hydrogens is 657 g/mol. The van der Waals surface area contributed by atoms with Crippen LogP contribution in [0, 0.1) is 13.8 Å². The van der Waals surface area contributed by atoms with Gasteiger partial charge in [0.1, 0.15) is 0 Å². The van der Waals surface area contributed by atoms with Crippen molar-refractivity contribution in [3.63, 3.8) is 0 Å². The molecule has 6 heteroatoms. The van der Waals surface area contributed by atoms with E-state index in [1.807, 2.05) is 0 Å². The van der Waals surface area contributed by atoms with Crippen LogP contribution >= 0.6 is 0 Å². The zero-order valence-electron chi connectivity index (χ0n) is 30.7. The van der Waals surface area contributed by atoms with Crippen LogP contribution in [0.5, 0.6) is 0 Å². The Bertz CT molecular complexity index is 2140.